The molecule has 0 atom stereocenters. The third-order valence-electron chi connectivity index (χ3n) is 3.98. The van der Waals surface area contributed by atoms with Crippen LogP contribution in [-0.4, -0.2) is 19.6 Å². The van der Waals surface area contributed by atoms with Crippen LogP contribution in [0, 0.1) is 6.92 Å². The molecule has 0 saturated carbocycles. The Bertz CT molecular complexity index is 753. The molecule has 1 N–H and O–H groups in total. The summed E-state index contributed by atoms with van der Waals surface area (Å²) in [7, 11) is 1.97. The van der Waals surface area contributed by atoms with Gasteiger partial charge in [0.2, 0.25) is 0 Å². The molecule has 0 radical (unpaired) electrons. The van der Waals surface area contributed by atoms with Crippen molar-refractivity contribution >= 4 is 10.9 Å². The van der Waals surface area contributed by atoms with Crippen molar-refractivity contribution in [3.05, 3.63) is 47.4 Å². The molecule has 0 fully saturated rings. The van der Waals surface area contributed by atoms with Crippen LogP contribution in [0.3, 0.4) is 0 Å². The number of hydrogen-bond acceptors (Lipinski definition) is 3. The molecule has 0 spiro atoms. The average molecular weight is 283 g/mol. The molecule has 0 aliphatic carbocycles. The van der Waals surface area contributed by atoms with E-state index in [9.17, 15) is 0 Å². The lowest BCUT2D eigenvalue weighted by Crippen LogP contribution is -2.14. The summed E-state index contributed by atoms with van der Waals surface area (Å²) >= 11 is 0. The van der Waals surface area contributed by atoms with E-state index in [4.69, 9.17) is 5.10 Å². The highest BCUT2D eigenvalue weighted by Crippen LogP contribution is 2.18. The van der Waals surface area contributed by atoms with Crippen molar-refractivity contribution in [3.63, 3.8) is 0 Å². The maximum absolute atomic E-state index is 4.70. The van der Waals surface area contributed by atoms with Gasteiger partial charge in [-0.2, -0.15) is 10.2 Å². The Labute approximate surface area is 124 Å². The largest absolute Gasteiger partial charge is 0.307 e. The van der Waals surface area contributed by atoms with Crippen LogP contribution in [0.4, 0.5) is 0 Å². The molecule has 110 valence electrons. The molecule has 0 aliphatic heterocycles. The minimum absolute atomic E-state index is 0.766. The molecule has 3 rings (SSSR count). The summed E-state index contributed by atoms with van der Waals surface area (Å²) < 4.78 is 3.96. The fourth-order valence-electron chi connectivity index (χ4n) is 2.60. The highest BCUT2D eigenvalue weighted by atomic mass is 15.3. The second kappa shape index (κ2) is 5.69. The van der Waals surface area contributed by atoms with Gasteiger partial charge in [0.05, 0.1) is 17.4 Å². The average Bonchev–Trinajstić information content (AvgIpc) is 3.02. The number of para-hydroxylation sites is 1. The van der Waals surface area contributed by atoms with E-state index in [-0.39, 0.29) is 0 Å². The Hall–Kier alpha value is -2.14. The van der Waals surface area contributed by atoms with Crippen molar-refractivity contribution in [1.82, 2.24) is 24.9 Å². The van der Waals surface area contributed by atoms with Crippen LogP contribution in [0.1, 0.15) is 23.9 Å². The van der Waals surface area contributed by atoms with E-state index < -0.39 is 0 Å². The third-order valence-corrected chi connectivity index (χ3v) is 3.98. The normalized spacial score (nSPS) is 11.4. The van der Waals surface area contributed by atoms with E-state index in [1.165, 1.54) is 22.2 Å². The van der Waals surface area contributed by atoms with Gasteiger partial charge in [0.25, 0.3) is 0 Å². The van der Waals surface area contributed by atoms with Crippen molar-refractivity contribution in [2.45, 2.75) is 33.5 Å². The van der Waals surface area contributed by atoms with Crippen LogP contribution in [0.15, 0.2) is 30.5 Å². The zero-order valence-corrected chi connectivity index (χ0v) is 12.8. The summed E-state index contributed by atoms with van der Waals surface area (Å²) in [6, 6.07) is 8.40. The minimum Gasteiger partial charge on any atom is -0.307 e. The Morgan fingerprint density at radius 2 is 2.00 bits per heavy atom. The zero-order chi connectivity index (χ0) is 14.8. The van der Waals surface area contributed by atoms with E-state index >= 15 is 0 Å². The summed E-state index contributed by atoms with van der Waals surface area (Å²) in [5.41, 5.74) is 4.74. The number of fused-ring (bicyclic) bond motifs is 1. The van der Waals surface area contributed by atoms with Crippen molar-refractivity contribution < 1.29 is 0 Å². The number of nitrogens with zero attached hydrogens (tertiary/aromatic N) is 4. The summed E-state index contributed by atoms with van der Waals surface area (Å²) in [6.07, 6.45) is 1.92. The molecule has 3 aromatic rings. The second-order valence-corrected chi connectivity index (χ2v) is 5.26. The zero-order valence-electron chi connectivity index (χ0n) is 12.8. The maximum atomic E-state index is 4.70. The minimum atomic E-state index is 0.766. The van der Waals surface area contributed by atoms with E-state index in [0.717, 1.165) is 25.3 Å². The first kappa shape index (κ1) is 13.8. The van der Waals surface area contributed by atoms with E-state index in [1.807, 2.05) is 17.9 Å². The van der Waals surface area contributed by atoms with Crippen molar-refractivity contribution in [2.24, 2.45) is 7.05 Å². The molecule has 0 amide bonds. The first-order valence-electron chi connectivity index (χ1n) is 7.33. The molecular formula is C16H21N5. The lowest BCUT2D eigenvalue weighted by atomic mass is 10.2. The highest BCUT2D eigenvalue weighted by molar-refractivity contribution is 5.81. The highest BCUT2D eigenvalue weighted by Gasteiger charge is 2.09. The fourth-order valence-corrected chi connectivity index (χ4v) is 2.60. The van der Waals surface area contributed by atoms with Crippen LogP contribution in [0.25, 0.3) is 10.9 Å². The summed E-state index contributed by atoms with van der Waals surface area (Å²) in [6.45, 7) is 6.68. The number of rotatable bonds is 5. The smallest absolute Gasteiger partial charge is 0.0841 e. The second-order valence-electron chi connectivity index (χ2n) is 5.26. The molecule has 0 unspecified atom stereocenters. The van der Waals surface area contributed by atoms with Crippen molar-refractivity contribution in [1.29, 1.82) is 0 Å². The number of aromatic nitrogens is 4. The van der Waals surface area contributed by atoms with Crippen LogP contribution >= 0.6 is 0 Å². The van der Waals surface area contributed by atoms with Crippen LogP contribution < -0.4 is 5.32 Å². The first-order chi connectivity index (χ1) is 10.2. The van der Waals surface area contributed by atoms with Gasteiger partial charge in [-0.3, -0.25) is 9.36 Å². The monoisotopic (exact) mass is 283 g/mol. The summed E-state index contributed by atoms with van der Waals surface area (Å²) in [5, 5.41) is 13.7. The van der Waals surface area contributed by atoms with E-state index in [2.05, 4.69) is 53.2 Å². The molecule has 21 heavy (non-hydrogen) atoms. The van der Waals surface area contributed by atoms with Crippen LogP contribution in [-0.2, 0) is 26.7 Å². The third kappa shape index (κ3) is 2.56. The topological polar surface area (TPSA) is 47.7 Å². The van der Waals surface area contributed by atoms with Gasteiger partial charge in [-0.25, -0.2) is 0 Å². The van der Waals surface area contributed by atoms with Gasteiger partial charge >= 0.3 is 0 Å². The molecule has 2 aromatic heterocycles. The molecule has 0 bridgehead atoms. The predicted molar refractivity (Wildman–Crippen MR) is 83.9 cm³/mol. The van der Waals surface area contributed by atoms with Gasteiger partial charge in [-0.15, -0.1) is 0 Å². The quantitative estimate of drug-likeness (QED) is 0.782. The SMILES string of the molecule is CCn1nc(CNCc2cnn(C)c2C)c2ccccc21. The lowest BCUT2D eigenvalue weighted by Gasteiger charge is -2.03. The Morgan fingerprint density at radius 1 is 1.19 bits per heavy atom. The maximum Gasteiger partial charge on any atom is 0.0841 e. The van der Waals surface area contributed by atoms with Gasteiger partial charge < -0.3 is 5.32 Å². The fraction of sp³-hybridized carbons (Fsp3) is 0.375. The van der Waals surface area contributed by atoms with Gasteiger partial charge in [0, 0.05) is 43.3 Å². The molecule has 5 nitrogen and oxygen atoms in total. The number of nitrogens with one attached hydrogen (secondary N) is 1. The Morgan fingerprint density at radius 3 is 2.71 bits per heavy atom. The summed E-state index contributed by atoms with van der Waals surface area (Å²) in [5.74, 6) is 0. The van der Waals surface area contributed by atoms with Crippen molar-refractivity contribution in [2.75, 3.05) is 0 Å². The predicted octanol–water partition coefficient (Wildman–Crippen LogP) is 2.39. The Balaban J connectivity index is 1.75. The Kier molecular flexibility index (Phi) is 3.75. The lowest BCUT2D eigenvalue weighted by molar-refractivity contribution is 0.630. The van der Waals surface area contributed by atoms with Crippen LogP contribution in [0.2, 0.25) is 0 Å². The molecule has 0 aliphatic rings. The number of benzene rings is 1. The van der Waals surface area contributed by atoms with Crippen LogP contribution in [0.5, 0.6) is 0 Å². The van der Waals surface area contributed by atoms with E-state index in [0.29, 0.717) is 0 Å². The molecule has 5 heteroatoms. The number of aryl methyl sites for hydroxylation is 2. The number of hydrogen-bond donors (Lipinski definition) is 1. The molecule has 1 aromatic carbocycles. The molecule has 2 heterocycles. The van der Waals surface area contributed by atoms with Gasteiger partial charge in [-0.1, -0.05) is 18.2 Å². The van der Waals surface area contributed by atoms with Gasteiger partial charge in [0.1, 0.15) is 0 Å². The van der Waals surface area contributed by atoms with Crippen molar-refractivity contribution in [3.8, 4) is 0 Å². The summed E-state index contributed by atoms with van der Waals surface area (Å²) in [4.78, 5) is 0. The molecule has 0 saturated heterocycles. The van der Waals surface area contributed by atoms with E-state index in [1.54, 1.807) is 0 Å². The first-order valence-corrected chi connectivity index (χ1v) is 7.33. The van der Waals surface area contributed by atoms with Gasteiger partial charge in [0.15, 0.2) is 0 Å². The molecular weight excluding hydrogens is 262 g/mol. The standard InChI is InChI=1S/C16H21N5/c1-4-21-16-8-6-5-7-14(16)15(19-21)11-17-9-13-10-18-20(3)12(13)2/h5-8,10,17H,4,9,11H2,1-3H3. The van der Waals surface area contributed by atoms with Gasteiger partial charge in [-0.05, 0) is 19.9 Å².